The predicted molar refractivity (Wildman–Crippen MR) is 85.7 cm³/mol. The van der Waals surface area contributed by atoms with E-state index in [1.807, 2.05) is 24.3 Å². The minimum atomic E-state index is -0.684. The molecule has 3 rings (SSSR count). The first-order valence-corrected chi connectivity index (χ1v) is 7.22. The number of carbonyl (C=O) groups excluding carboxylic acids is 1. The van der Waals surface area contributed by atoms with Crippen molar-refractivity contribution in [3.63, 3.8) is 0 Å². The maximum absolute atomic E-state index is 11.5. The number of rotatable bonds is 2. The van der Waals surface area contributed by atoms with E-state index in [9.17, 15) is 9.90 Å². The van der Waals surface area contributed by atoms with Crippen LogP contribution in [0.4, 0.5) is 0 Å². The van der Waals surface area contributed by atoms with Crippen molar-refractivity contribution in [1.29, 1.82) is 0 Å². The highest BCUT2D eigenvalue weighted by Crippen LogP contribution is 2.29. The first-order valence-electron chi connectivity index (χ1n) is 6.43. The second kappa shape index (κ2) is 5.73. The number of hydrogen-bond donors (Lipinski definition) is 1. The van der Waals surface area contributed by atoms with Gasteiger partial charge in [-0.15, -0.1) is 0 Å². The third-order valence-electron chi connectivity index (χ3n) is 3.24. The molecule has 0 fully saturated rings. The van der Waals surface area contributed by atoms with Gasteiger partial charge in [0.1, 0.15) is 0 Å². The molecule has 6 heteroatoms. The molecule has 0 aliphatic carbocycles. The van der Waals surface area contributed by atoms with Gasteiger partial charge in [0.05, 0.1) is 24.5 Å². The third-order valence-corrected chi connectivity index (χ3v) is 3.77. The van der Waals surface area contributed by atoms with Gasteiger partial charge in [-0.3, -0.25) is 0 Å². The topological polar surface area (TPSA) is 72.3 Å². The quantitative estimate of drug-likeness (QED) is 0.709. The SMILES string of the molecule is COC(=O)c1ncc2nc(-c3ccc(Br)cc3)ccc2c1O. The largest absolute Gasteiger partial charge is 0.505 e. The Morgan fingerprint density at radius 1 is 1.18 bits per heavy atom. The average Bonchev–Trinajstić information content (AvgIpc) is 2.55. The minimum Gasteiger partial charge on any atom is -0.505 e. The molecule has 0 saturated heterocycles. The number of aromatic nitrogens is 2. The number of pyridine rings is 2. The number of hydrogen-bond acceptors (Lipinski definition) is 5. The molecule has 1 aromatic carbocycles. The second-order valence-electron chi connectivity index (χ2n) is 4.58. The summed E-state index contributed by atoms with van der Waals surface area (Å²) in [7, 11) is 1.24. The molecule has 1 N–H and O–H groups in total. The molecule has 0 unspecified atom stereocenters. The number of fused-ring (bicyclic) bond motifs is 1. The van der Waals surface area contributed by atoms with E-state index in [0.717, 1.165) is 15.7 Å². The lowest BCUT2D eigenvalue weighted by molar-refractivity contribution is 0.0591. The number of carbonyl (C=O) groups is 1. The van der Waals surface area contributed by atoms with Crippen molar-refractivity contribution in [2.24, 2.45) is 0 Å². The zero-order valence-corrected chi connectivity index (χ0v) is 13.2. The van der Waals surface area contributed by atoms with Gasteiger partial charge in [-0.1, -0.05) is 28.1 Å². The molecule has 0 radical (unpaired) electrons. The van der Waals surface area contributed by atoms with Crippen LogP contribution in [0.15, 0.2) is 47.1 Å². The summed E-state index contributed by atoms with van der Waals surface area (Å²) in [6, 6.07) is 11.2. The molecule has 0 atom stereocenters. The van der Waals surface area contributed by atoms with Gasteiger partial charge >= 0.3 is 5.97 Å². The zero-order chi connectivity index (χ0) is 15.7. The molecule has 0 bridgehead atoms. The van der Waals surface area contributed by atoms with Gasteiger partial charge < -0.3 is 9.84 Å². The summed E-state index contributed by atoms with van der Waals surface area (Å²) < 4.78 is 5.57. The lowest BCUT2D eigenvalue weighted by Gasteiger charge is -2.07. The van der Waals surface area contributed by atoms with Crippen molar-refractivity contribution in [3.05, 3.63) is 52.8 Å². The second-order valence-corrected chi connectivity index (χ2v) is 5.50. The van der Waals surface area contributed by atoms with E-state index in [-0.39, 0.29) is 11.4 Å². The predicted octanol–water partition coefficient (Wildman–Crippen LogP) is 3.55. The van der Waals surface area contributed by atoms with Crippen LogP contribution in [0, 0.1) is 0 Å². The van der Waals surface area contributed by atoms with Crippen molar-refractivity contribution in [2.45, 2.75) is 0 Å². The summed E-state index contributed by atoms with van der Waals surface area (Å²) in [5, 5.41) is 10.6. The molecule has 5 nitrogen and oxygen atoms in total. The fourth-order valence-electron chi connectivity index (χ4n) is 2.12. The number of ether oxygens (including phenoxy) is 1. The highest BCUT2D eigenvalue weighted by molar-refractivity contribution is 9.10. The molecule has 0 aliphatic heterocycles. The third kappa shape index (κ3) is 2.53. The molecule has 22 heavy (non-hydrogen) atoms. The summed E-state index contributed by atoms with van der Waals surface area (Å²) in [5.74, 6) is -0.907. The van der Waals surface area contributed by atoms with Gasteiger partial charge in [0.15, 0.2) is 11.4 Å². The van der Waals surface area contributed by atoms with E-state index in [0.29, 0.717) is 10.9 Å². The molecule has 2 aromatic heterocycles. The van der Waals surface area contributed by atoms with Crippen molar-refractivity contribution in [2.75, 3.05) is 7.11 Å². The summed E-state index contributed by atoms with van der Waals surface area (Å²) in [4.78, 5) is 19.9. The van der Waals surface area contributed by atoms with Crippen LogP contribution in [0.1, 0.15) is 10.5 Å². The van der Waals surface area contributed by atoms with Crippen LogP contribution in [0.2, 0.25) is 0 Å². The Morgan fingerprint density at radius 2 is 1.91 bits per heavy atom. The highest BCUT2D eigenvalue weighted by atomic mass is 79.9. The first-order chi connectivity index (χ1) is 10.6. The Balaban J connectivity index is 2.12. The molecule has 0 saturated carbocycles. The number of benzene rings is 1. The van der Waals surface area contributed by atoms with Crippen LogP contribution in [0.25, 0.3) is 22.2 Å². The Hall–Kier alpha value is -2.47. The van der Waals surface area contributed by atoms with Crippen LogP contribution in [-0.4, -0.2) is 28.2 Å². The number of methoxy groups -OCH3 is 1. The van der Waals surface area contributed by atoms with Gasteiger partial charge in [-0.25, -0.2) is 14.8 Å². The van der Waals surface area contributed by atoms with E-state index in [1.54, 1.807) is 12.1 Å². The van der Waals surface area contributed by atoms with E-state index in [2.05, 4.69) is 30.6 Å². The highest BCUT2D eigenvalue weighted by Gasteiger charge is 2.17. The Labute approximate surface area is 134 Å². The van der Waals surface area contributed by atoms with Crippen molar-refractivity contribution in [3.8, 4) is 17.0 Å². The van der Waals surface area contributed by atoms with Crippen LogP contribution in [0.5, 0.6) is 5.75 Å². The van der Waals surface area contributed by atoms with E-state index in [4.69, 9.17) is 0 Å². The first kappa shape index (κ1) is 14.5. The fraction of sp³-hybridized carbons (Fsp3) is 0.0625. The summed E-state index contributed by atoms with van der Waals surface area (Å²) >= 11 is 3.39. The van der Waals surface area contributed by atoms with Gasteiger partial charge in [0, 0.05) is 15.4 Å². The molecule has 110 valence electrons. The summed E-state index contributed by atoms with van der Waals surface area (Å²) in [5.41, 5.74) is 2.09. The zero-order valence-electron chi connectivity index (χ0n) is 11.6. The lowest BCUT2D eigenvalue weighted by Crippen LogP contribution is -2.05. The number of esters is 1. The maximum atomic E-state index is 11.5. The van der Waals surface area contributed by atoms with Crippen molar-refractivity contribution >= 4 is 32.8 Å². The van der Waals surface area contributed by atoms with E-state index in [1.165, 1.54) is 13.3 Å². The molecular formula is C16H11BrN2O3. The monoisotopic (exact) mass is 358 g/mol. The lowest BCUT2D eigenvalue weighted by atomic mass is 10.1. The average molecular weight is 359 g/mol. The van der Waals surface area contributed by atoms with Crippen LogP contribution in [-0.2, 0) is 4.74 Å². The number of aromatic hydroxyl groups is 1. The van der Waals surface area contributed by atoms with Crippen LogP contribution < -0.4 is 0 Å². The smallest absolute Gasteiger partial charge is 0.360 e. The Bertz CT molecular complexity index is 863. The van der Waals surface area contributed by atoms with Gasteiger partial charge in [0.2, 0.25) is 0 Å². The van der Waals surface area contributed by atoms with Crippen molar-refractivity contribution < 1.29 is 14.6 Å². The van der Waals surface area contributed by atoms with Crippen LogP contribution >= 0.6 is 15.9 Å². The van der Waals surface area contributed by atoms with Gasteiger partial charge in [-0.05, 0) is 24.3 Å². The van der Waals surface area contributed by atoms with Gasteiger partial charge in [0.25, 0.3) is 0 Å². The Morgan fingerprint density at radius 3 is 2.59 bits per heavy atom. The molecular weight excluding hydrogens is 348 g/mol. The molecule has 3 aromatic rings. The Kier molecular flexibility index (Phi) is 3.77. The summed E-state index contributed by atoms with van der Waals surface area (Å²) in [6.45, 7) is 0. The van der Waals surface area contributed by atoms with Crippen molar-refractivity contribution in [1.82, 2.24) is 9.97 Å². The standard InChI is InChI=1S/C16H11BrN2O3/c1-22-16(21)14-15(20)11-6-7-12(19-13(11)8-18-14)9-2-4-10(17)5-3-9/h2-8,20H,1H3. The fourth-order valence-corrected chi connectivity index (χ4v) is 2.38. The molecule has 0 amide bonds. The number of halogens is 1. The molecule has 0 spiro atoms. The summed E-state index contributed by atoms with van der Waals surface area (Å²) in [6.07, 6.45) is 1.45. The minimum absolute atomic E-state index is 0.117. The molecule has 0 aliphatic rings. The molecule has 2 heterocycles. The maximum Gasteiger partial charge on any atom is 0.360 e. The van der Waals surface area contributed by atoms with E-state index < -0.39 is 5.97 Å². The van der Waals surface area contributed by atoms with E-state index >= 15 is 0 Å². The van der Waals surface area contributed by atoms with Gasteiger partial charge in [-0.2, -0.15) is 0 Å². The number of nitrogens with zero attached hydrogens (tertiary/aromatic N) is 2. The normalized spacial score (nSPS) is 10.6. The van der Waals surface area contributed by atoms with Crippen LogP contribution in [0.3, 0.4) is 0 Å².